The van der Waals surface area contributed by atoms with Crippen molar-refractivity contribution in [2.45, 2.75) is 8.68 Å². The van der Waals surface area contributed by atoms with Crippen molar-refractivity contribution in [3.05, 3.63) is 27.9 Å². The van der Waals surface area contributed by atoms with Crippen molar-refractivity contribution in [1.82, 2.24) is 9.97 Å². The second-order valence-electron chi connectivity index (χ2n) is 2.12. The number of hydrogen-bond acceptors (Lipinski definition) is 7. The summed E-state index contributed by atoms with van der Waals surface area (Å²) in [5.41, 5.74) is 0. The number of aromatic nitrogens is 2. The molecule has 0 aromatic carbocycles. The fraction of sp³-hybridized carbons (Fsp3) is 0. The third-order valence-electron chi connectivity index (χ3n) is 1.24. The summed E-state index contributed by atoms with van der Waals surface area (Å²) < 4.78 is 1.49. The van der Waals surface area contributed by atoms with Crippen LogP contribution in [-0.2, 0) is 0 Å². The molecule has 72 valence electrons. The molecule has 0 amide bonds. The molecule has 0 unspecified atom stereocenters. The minimum absolute atomic E-state index is 0.0593. The molecule has 0 bridgehead atoms. The molecular weight excluding hydrogens is 242 g/mol. The summed E-state index contributed by atoms with van der Waals surface area (Å²) in [7, 11) is 0. The Labute approximate surface area is 91.0 Å². The van der Waals surface area contributed by atoms with Gasteiger partial charge in [-0.1, -0.05) is 0 Å². The summed E-state index contributed by atoms with van der Waals surface area (Å²) in [5, 5.41) is 12.3. The molecule has 2 aromatic rings. The number of rotatable bonds is 3. The highest BCUT2D eigenvalue weighted by atomic mass is 32.2. The fourth-order valence-electron chi connectivity index (χ4n) is 0.717. The van der Waals surface area contributed by atoms with E-state index in [1.54, 1.807) is 6.20 Å². The molecule has 0 fully saturated rings. The van der Waals surface area contributed by atoms with Crippen molar-refractivity contribution < 1.29 is 4.92 Å². The van der Waals surface area contributed by atoms with E-state index in [2.05, 4.69) is 9.97 Å². The van der Waals surface area contributed by atoms with Crippen LogP contribution in [0, 0.1) is 10.1 Å². The Morgan fingerprint density at radius 2 is 2.29 bits per heavy atom. The van der Waals surface area contributed by atoms with Gasteiger partial charge in [0.1, 0.15) is 6.20 Å². The van der Waals surface area contributed by atoms with Crippen LogP contribution in [0.25, 0.3) is 0 Å². The first-order valence-electron chi connectivity index (χ1n) is 3.43. The first-order valence-corrected chi connectivity index (χ1v) is 5.94. The fourth-order valence-corrected chi connectivity index (χ4v) is 3.32. The Morgan fingerprint density at radius 1 is 1.43 bits per heavy atom. The zero-order chi connectivity index (χ0) is 9.97. The molecule has 0 N–H and O–H groups in total. The zero-order valence-corrected chi connectivity index (χ0v) is 9.06. The van der Waals surface area contributed by atoms with Crippen molar-refractivity contribution in [3.63, 3.8) is 0 Å². The Balaban J connectivity index is 2.14. The lowest BCUT2D eigenvalue weighted by Crippen LogP contribution is -1.80. The van der Waals surface area contributed by atoms with Crippen LogP contribution in [0.3, 0.4) is 0 Å². The van der Waals surface area contributed by atoms with Crippen LogP contribution in [0.2, 0.25) is 0 Å². The SMILES string of the molecule is O=[N+]([O-])c1cnc(Sc2nccs2)s1. The van der Waals surface area contributed by atoms with E-state index in [4.69, 9.17) is 0 Å². The second-order valence-corrected chi connectivity index (χ2v) is 5.52. The molecule has 0 radical (unpaired) electrons. The highest BCUT2D eigenvalue weighted by Gasteiger charge is 2.12. The van der Waals surface area contributed by atoms with Crippen LogP contribution >= 0.6 is 34.4 Å². The van der Waals surface area contributed by atoms with Crippen molar-refractivity contribution >= 4 is 39.4 Å². The standard InChI is InChI=1S/C6H3N3O2S3/c10-9(11)4-3-8-6(13-4)14-5-7-1-2-12-5/h1-3H. The highest BCUT2D eigenvalue weighted by Crippen LogP contribution is 2.34. The summed E-state index contributed by atoms with van der Waals surface area (Å²) >= 11 is 3.89. The van der Waals surface area contributed by atoms with E-state index in [0.717, 1.165) is 15.7 Å². The van der Waals surface area contributed by atoms with Crippen molar-refractivity contribution in [2.24, 2.45) is 0 Å². The van der Waals surface area contributed by atoms with E-state index in [-0.39, 0.29) is 5.00 Å². The van der Waals surface area contributed by atoms with Gasteiger partial charge in [0.25, 0.3) is 0 Å². The van der Waals surface area contributed by atoms with E-state index in [0.29, 0.717) is 4.34 Å². The van der Waals surface area contributed by atoms with Gasteiger partial charge in [0, 0.05) is 11.6 Å². The lowest BCUT2D eigenvalue weighted by molar-refractivity contribution is -0.380. The topological polar surface area (TPSA) is 68.9 Å². The molecule has 0 atom stereocenters. The monoisotopic (exact) mass is 245 g/mol. The van der Waals surface area contributed by atoms with E-state index in [9.17, 15) is 10.1 Å². The summed E-state index contributed by atoms with van der Waals surface area (Å²) in [5.74, 6) is 0. The van der Waals surface area contributed by atoms with Gasteiger partial charge >= 0.3 is 5.00 Å². The average molecular weight is 245 g/mol. The predicted octanol–water partition coefficient (Wildman–Crippen LogP) is 2.66. The van der Waals surface area contributed by atoms with Crippen LogP contribution in [0.15, 0.2) is 26.5 Å². The van der Waals surface area contributed by atoms with Crippen molar-refractivity contribution in [1.29, 1.82) is 0 Å². The summed E-state index contributed by atoms with van der Waals surface area (Å²) in [6, 6.07) is 0. The average Bonchev–Trinajstić information content (AvgIpc) is 2.75. The first kappa shape index (κ1) is 9.56. The maximum atomic E-state index is 10.4. The number of nitrogens with zero attached hydrogens (tertiary/aromatic N) is 3. The normalized spacial score (nSPS) is 10.3. The summed E-state index contributed by atoms with van der Waals surface area (Å²) in [6.45, 7) is 0. The van der Waals surface area contributed by atoms with Crippen molar-refractivity contribution in [3.8, 4) is 0 Å². The summed E-state index contributed by atoms with van der Waals surface area (Å²) in [6.07, 6.45) is 2.95. The quantitative estimate of drug-likeness (QED) is 0.614. The van der Waals surface area contributed by atoms with Gasteiger partial charge in [0.2, 0.25) is 0 Å². The Kier molecular flexibility index (Phi) is 2.75. The van der Waals surface area contributed by atoms with Crippen LogP contribution in [-0.4, -0.2) is 14.9 Å². The molecule has 14 heavy (non-hydrogen) atoms. The van der Waals surface area contributed by atoms with Crippen LogP contribution in [0.1, 0.15) is 0 Å². The third-order valence-corrected chi connectivity index (χ3v) is 4.14. The lowest BCUT2D eigenvalue weighted by atomic mass is 10.9. The molecule has 5 nitrogen and oxygen atoms in total. The molecule has 2 rings (SSSR count). The van der Waals surface area contributed by atoms with Gasteiger partial charge in [-0.05, 0) is 23.1 Å². The van der Waals surface area contributed by atoms with E-state index in [1.807, 2.05) is 5.38 Å². The molecule has 0 aliphatic rings. The van der Waals surface area contributed by atoms with Crippen LogP contribution < -0.4 is 0 Å². The molecule has 0 saturated heterocycles. The van der Waals surface area contributed by atoms with Gasteiger partial charge in [-0.25, -0.2) is 9.97 Å². The molecule has 0 aliphatic heterocycles. The van der Waals surface area contributed by atoms with E-state index >= 15 is 0 Å². The smallest absolute Gasteiger partial charge is 0.257 e. The number of nitro groups is 1. The first-order chi connectivity index (χ1) is 6.75. The van der Waals surface area contributed by atoms with Crippen LogP contribution in [0.5, 0.6) is 0 Å². The van der Waals surface area contributed by atoms with Gasteiger partial charge in [0.15, 0.2) is 8.68 Å². The largest absolute Gasteiger partial charge is 0.344 e. The molecule has 8 heteroatoms. The highest BCUT2D eigenvalue weighted by molar-refractivity contribution is 8.02. The molecule has 0 spiro atoms. The maximum Gasteiger partial charge on any atom is 0.344 e. The summed E-state index contributed by atoms with van der Waals surface area (Å²) in [4.78, 5) is 17.9. The van der Waals surface area contributed by atoms with Crippen molar-refractivity contribution in [2.75, 3.05) is 0 Å². The minimum atomic E-state index is -0.441. The molecule has 2 aromatic heterocycles. The van der Waals surface area contributed by atoms with E-state index < -0.39 is 4.92 Å². The second kappa shape index (κ2) is 4.03. The lowest BCUT2D eigenvalue weighted by Gasteiger charge is -1.86. The van der Waals surface area contributed by atoms with Gasteiger partial charge in [-0.2, -0.15) is 0 Å². The molecule has 0 saturated carbocycles. The van der Waals surface area contributed by atoms with Gasteiger partial charge < -0.3 is 0 Å². The number of thiazole rings is 2. The Hall–Kier alpha value is -0.990. The van der Waals surface area contributed by atoms with Gasteiger partial charge in [-0.15, -0.1) is 11.3 Å². The molecule has 0 aliphatic carbocycles. The Bertz CT molecular complexity index is 439. The number of hydrogen-bond donors (Lipinski definition) is 0. The Morgan fingerprint density at radius 3 is 2.86 bits per heavy atom. The zero-order valence-electron chi connectivity index (χ0n) is 6.61. The van der Waals surface area contributed by atoms with Gasteiger partial charge in [0.05, 0.1) is 4.92 Å². The van der Waals surface area contributed by atoms with Crippen LogP contribution in [0.4, 0.5) is 5.00 Å². The predicted molar refractivity (Wildman–Crippen MR) is 55.0 cm³/mol. The third kappa shape index (κ3) is 2.08. The minimum Gasteiger partial charge on any atom is -0.257 e. The van der Waals surface area contributed by atoms with E-state index in [1.165, 1.54) is 29.3 Å². The molecular formula is C6H3N3O2S3. The molecule has 2 heterocycles. The van der Waals surface area contributed by atoms with Gasteiger partial charge in [-0.3, -0.25) is 10.1 Å². The maximum absolute atomic E-state index is 10.4.